The number of nitrogens with zero attached hydrogens (tertiary/aromatic N) is 2. The quantitative estimate of drug-likeness (QED) is 0.841. The second-order valence-corrected chi connectivity index (χ2v) is 6.78. The highest BCUT2D eigenvalue weighted by Crippen LogP contribution is 2.39. The lowest BCUT2D eigenvalue weighted by atomic mass is 9.92. The second-order valence-electron chi connectivity index (χ2n) is 6.78. The van der Waals surface area contributed by atoms with Gasteiger partial charge >= 0.3 is 0 Å². The molecule has 1 aliphatic carbocycles. The zero-order chi connectivity index (χ0) is 14.0. The normalized spacial score (nSPS) is 31.3. The van der Waals surface area contributed by atoms with Gasteiger partial charge in [-0.3, -0.25) is 9.69 Å². The summed E-state index contributed by atoms with van der Waals surface area (Å²) in [5.74, 6) is 1.66. The number of carbonyl (C=O) groups is 1. The van der Waals surface area contributed by atoms with Crippen molar-refractivity contribution in [3.63, 3.8) is 0 Å². The van der Waals surface area contributed by atoms with Crippen LogP contribution in [0.1, 0.15) is 40.0 Å². The number of nitrogens with one attached hydrogen (secondary N) is 1. The van der Waals surface area contributed by atoms with Gasteiger partial charge in [-0.15, -0.1) is 0 Å². The van der Waals surface area contributed by atoms with Crippen LogP contribution in [-0.4, -0.2) is 36.0 Å². The highest BCUT2D eigenvalue weighted by atomic mass is 16.2. The zero-order valence-electron chi connectivity index (χ0n) is 12.3. The fraction of sp³-hybridized carbons (Fsp3) is 0.867. The van der Waals surface area contributed by atoms with Gasteiger partial charge in [0.2, 0.25) is 5.91 Å². The standard InChI is InChI=1S/C15H25N3O/c1-11-6-12(2)8-18(7-11)9-14(19)17-15(3,10-16)13-4-5-13/h11-13H,4-9H2,1-3H3,(H,17,19)/t11-,12+,15-/m1/s1. The van der Waals surface area contributed by atoms with Crippen LogP contribution < -0.4 is 5.32 Å². The fourth-order valence-electron chi connectivity index (χ4n) is 3.34. The zero-order valence-corrected chi connectivity index (χ0v) is 12.3. The van der Waals surface area contributed by atoms with Crippen molar-refractivity contribution in [3.05, 3.63) is 0 Å². The Bertz CT molecular complexity index is 375. The van der Waals surface area contributed by atoms with Crippen molar-refractivity contribution in [2.45, 2.75) is 45.6 Å². The maximum absolute atomic E-state index is 12.1. The van der Waals surface area contributed by atoms with Crippen LogP contribution in [0.5, 0.6) is 0 Å². The number of hydrogen-bond donors (Lipinski definition) is 1. The highest BCUT2D eigenvalue weighted by Gasteiger charge is 2.43. The molecule has 1 saturated heterocycles. The second kappa shape index (κ2) is 5.50. The van der Waals surface area contributed by atoms with Gasteiger partial charge in [0.05, 0.1) is 12.6 Å². The minimum atomic E-state index is -0.663. The Hall–Kier alpha value is -1.08. The Morgan fingerprint density at radius 3 is 2.42 bits per heavy atom. The third-order valence-corrected chi connectivity index (χ3v) is 4.34. The lowest BCUT2D eigenvalue weighted by Gasteiger charge is -2.35. The number of likely N-dealkylation sites (tertiary alicyclic amines) is 1. The van der Waals surface area contributed by atoms with Gasteiger partial charge in [-0.1, -0.05) is 13.8 Å². The number of rotatable bonds is 4. The van der Waals surface area contributed by atoms with Crippen molar-refractivity contribution >= 4 is 5.91 Å². The Morgan fingerprint density at radius 1 is 1.37 bits per heavy atom. The molecule has 4 heteroatoms. The van der Waals surface area contributed by atoms with Crippen molar-refractivity contribution in [2.24, 2.45) is 17.8 Å². The smallest absolute Gasteiger partial charge is 0.235 e. The average Bonchev–Trinajstić information content (AvgIpc) is 3.10. The van der Waals surface area contributed by atoms with Crippen molar-refractivity contribution in [2.75, 3.05) is 19.6 Å². The predicted molar refractivity (Wildman–Crippen MR) is 74.3 cm³/mol. The van der Waals surface area contributed by atoms with E-state index in [-0.39, 0.29) is 5.91 Å². The molecule has 106 valence electrons. The maximum Gasteiger partial charge on any atom is 0.235 e. The molecule has 0 spiro atoms. The van der Waals surface area contributed by atoms with Crippen LogP contribution >= 0.6 is 0 Å². The Labute approximate surface area is 116 Å². The van der Waals surface area contributed by atoms with Crippen LogP contribution in [0.3, 0.4) is 0 Å². The summed E-state index contributed by atoms with van der Waals surface area (Å²) >= 11 is 0. The summed E-state index contributed by atoms with van der Waals surface area (Å²) in [5, 5.41) is 12.2. The summed E-state index contributed by atoms with van der Waals surface area (Å²) in [6.07, 6.45) is 3.36. The summed E-state index contributed by atoms with van der Waals surface area (Å²) in [6.45, 7) is 8.74. The Balaban J connectivity index is 1.85. The third kappa shape index (κ3) is 3.70. The lowest BCUT2D eigenvalue weighted by Crippen LogP contribution is -2.51. The van der Waals surface area contributed by atoms with E-state index >= 15 is 0 Å². The summed E-state index contributed by atoms with van der Waals surface area (Å²) in [5.41, 5.74) is -0.663. The van der Waals surface area contributed by atoms with Crippen LogP contribution in [0.25, 0.3) is 0 Å². The summed E-state index contributed by atoms with van der Waals surface area (Å²) < 4.78 is 0. The number of carbonyl (C=O) groups excluding carboxylic acids is 1. The van der Waals surface area contributed by atoms with Crippen LogP contribution in [0.2, 0.25) is 0 Å². The average molecular weight is 263 g/mol. The van der Waals surface area contributed by atoms with E-state index in [1.165, 1.54) is 6.42 Å². The number of hydrogen-bond acceptors (Lipinski definition) is 3. The molecule has 0 unspecified atom stereocenters. The Kier molecular flexibility index (Phi) is 4.15. The largest absolute Gasteiger partial charge is 0.337 e. The van der Waals surface area contributed by atoms with Gasteiger partial charge in [-0.05, 0) is 43.9 Å². The van der Waals surface area contributed by atoms with Crippen molar-refractivity contribution in [1.29, 1.82) is 5.26 Å². The van der Waals surface area contributed by atoms with Crippen LogP contribution in [0.4, 0.5) is 0 Å². The van der Waals surface area contributed by atoms with E-state index in [0.717, 1.165) is 25.9 Å². The van der Waals surface area contributed by atoms with E-state index in [1.54, 1.807) is 0 Å². The Morgan fingerprint density at radius 2 is 1.95 bits per heavy atom. The van der Waals surface area contributed by atoms with E-state index in [9.17, 15) is 10.1 Å². The molecular weight excluding hydrogens is 238 g/mol. The maximum atomic E-state index is 12.1. The van der Waals surface area contributed by atoms with Gasteiger partial charge in [-0.2, -0.15) is 5.26 Å². The van der Waals surface area contributed by atoms with Crippen LogP contribution in [0, 0.1) is 29.1 Å². The minimum Gasteiger partial charge on any atom is -0.337 e. The molecule has 0 aromatic heterocycles. The molecule has 19 heavy (non-hydrogen) atoms. The van der Waals surface area contributed by atoms with E-state index in [4.69, 9.17) is 0 Å². The van der Waals surface area contributed by atoms with E-state index in [2.05, 4.69) is 30.1 Å². The molecule has 1 amide bonds. The van der Waals surface area contributed by atoms with Gasteiger partial charge in [0.25, 0.3) is 0 Å². The molecule has 4 nitrogen and oxygen atoms in total. The predicted octanol–water partition coefficient (Wildman–Crippen LogP) is 1.77. The van der Waals surface area contributed by atoms with Gasteiger partial charge < -0.3 is 5.32 Å². The molecule has 3 atom stereocenters. The summed E-state index contributed by atoms with van der Waals surface area (Å²) in [7, 11) is 0. The molecule has 0 aromatic carbocycles. The number of nitriles is 1. The minimum absolute atomic E-state index is 0.00255. The first kappa shape index (κ1) is 14.3. The first-order chi connectivity index (χ1) is 8.93. The monoisotopic (exact) mass is 263 g/mol. The number of amides is 1. The molecule has 2 rings (SSSR count). The van der Waals surface area contributed by atoms with E-state index in [0.29, 0.717) is 24.3 Å². The molecule has 0 bridgehead atoms. The molecule has 2 fully saturated rings. The first-order valence-electron chi connectivity index (χ1n) is 7.37. The van der Waals surface area contributed by atoms with E-state index in [1.807, 2.05) is 6.92 Å². The lowest BCUT2D eigenvalue weighted by molar-refractivity contribution is -0.124. The van der Waals surface area contributed by atoms with Crippen molar-refractivity contribution < 1.29 is 4.79 Å². The summed E-state index contributed by atoms with van der Waals surface area (Å²) in [6, 6.07) is 2.28. The van der Waals surface area contributed by atoms with Crippen LogP contribution in [-0.2, 0) is 4.79 Å². The molecule has 1 aliphatic heterocycles. The molecule has 2 aliphatic rings. The van der Waals surface area contributed by atoms with Gasteiger partial charge in [0.1, 0.15) is 5.54 Å². The fourth-order valence-corrected chi connectivity index (χ4v) is 3.34. The summed E-state index contributed by atoms with van der Waals surface area (Å²) in [4.78, 5) is 14.3. The molecule has 1 heterocycles. The van der Waals surface area contributed by atoms with Crippen LogP contribution in [0.15, 0.2) is 0 Å². The molecule has 0 aromatic rings. The van der Waals surface area contributed by atoms with E-state index < -0.39 is 5.54 Å². The van der Waals surface area contributed by atoms with Gasteiger partial charge in [0, 0.05) is 13.1 Å². The first-order valence-corrected chi connectivity index (χ1v) is 7.37. The van der Waals surface area contributed by atoms with Gasteiger partial charge in [-0.25, -0.2) is 0 Å². The topological polar surface area (TPSA) is 56.1 Å². The molecule has 1 N–H and O–H groups in total. The SMILES string of the molecule is C[C@@H]1C[C@H](C)CN(CC(=O)N[C@](C)(C#N)C2CC2)C1. The van der Waals surface area contributed by atoms with Gasteiger partial charge in [0.15, 0.2) is 0 Å². The third-order valence-electron chi connectivity index (χ3n) is 4.34. The van der Waals surface area contributed by atoms with Crippen molar-refractivity contribution in [3.8, 4) is 6.07 Å². The van der Waals surface area contributed by atoms with Crippen molar-refractivity contribution in [1.82, 2.24) is 10.2 Å². The number of piperidine rings is 1. The molecule has 1 saturated carbocycles. The molecule has 0 radical (unpaired) electrons. The molecular formula is C15H25N3O. The highest BCUT2D eigenvalue weighted by molar-refractivity contribution is 5.79.